The molecule has 4 rings (SSSR count). The van der Waals surface area contributed by atoms with E-state index < -0.39 is 0 Å². The van der Waals surface area contributed by atoms with Crippen LogP contribution in [0, 0.1) is 5.92 Å². The summed E-state index contributed by atoms with van der Waals surface area (Å²) in [5, 5.41) is 0. The molecule has 1 fully saturated rings. The zero-order valence-electron chi connectivity index (χ0n) is 20.1. The second-order valence-electron chi connectivity index (χ2n) is 9.96. The predicted molar refractivity (Wildman–Crippen MR) is 134 cm³/mol. The van der Waals surface area contributed by atoms with E-state index in [-0.39, 0.29) is 5.41 Å². The van der Waals surface area contributed by atoms with E-state index in [0.29, 0.717) is 12.0 Å². The van der Waals surface area contributed by atoms with Crippen molar-refractivity contribution in [1.82, 2.24) is 9.55 Å². The minimum atomic E-state index is 0.0130. The van der Waals surface area contributed by atoms with Crippen molar-refractivity contribution < 1.29 is 9.47 Å². The van der Waals surface area contributed by atoms with Crippen LogP contribution in [0.25, 0.3) is 11.0 Å². The van der Waals surface area contributed by atoms with Gasteiger partial charge in [0, 0.05) is 29.7 Å². The molecule has 1 aliphatic rings. The smallest absolute Gasteiger partial charge is 0.118 e. The Kier molecular flexibility index (Phi) is 7.16. The summed E-state index contributed by atoms with van der Waals surface area (Å²) >= 11 is 1.86. The first-order valence-electron chi connectivity index (χ1n) is 11.7. The maximum atomic E-state index is 5.57. The third-order valence-corrected chi connectivity index (χ3v) is 7.59. The lowest BCUT2D eigenvalue weighted by Gasteiger charge is -2.29. The van der Waals surface area contributed by atoms with Crippen molar-refractivity contribution in [2.45, 2.75) is 75.2 Å². The number of nitrogens with zero attached hydrogens (tertiary/aromatic N) is 2. The summed E-state index contributed by atoms with van der Waals surface area (Å²) in [6.45, 7) is 7.86. The van der Waals surface area contributed by atoms with Gasteiger partial charge in [-0.2, -0.15) is 0 Å². The van der Waals surface area contributed by atoms with Crippen LogP contribution in [-0.2, 0) is 22.4 Å². The Morgan fingerprint density at radius 1 is 1.00 bits per heavy atom. The minimum Gasteiger partial charge on any atom is -0.497 e. The molecular formula is C27H36N2O2S. The fourth-order valence-electron chi connectivity index (χ4n) is 4.65. The van der Waals surface area contributed by atoms with Gasteiger partial charge in [0.1, 0.15) is 11.6 Å². The van der Waals surface area contributed by atoms with E-state index in [9.17, 15) is 0 Å². The molecule has 0 spiro atoms. The highest BCUT2D eigenvalue weighted by molar-refractivity contribution is 7.98. The Labute approximate surface area is 196 Å². The number of hydrogen-bond acceptors (Lipinski definition) is 4. The van der Waals surface area contributed by atoms with Crippen LogP contribution in [-0.4, -0.2) is 29.9 Å². The molecule has 4 nitrogen and oxygen atoms in total. The Morgan fingerprint density at radius 3 is 2.34 bits per heavy atom. The molecule has 0 radical (unpaired) electrons. The van der Waals surface area contributed by atoms with E-state index in [0.717, 1.165) is 23.6 Å². The van der Waals surface area contributed by atoms with Crippen molar-refractivity contribution in [3.05, 3.63) is 53.9 Å². The van der Waals surface area contributed by atoms with Gasteiger partial charge in [0.15, 0.2) is 0 Å². The van der Waals surface area contributed by atoms with Crippen LogP contribution in [0.5, 0.6) is 5.75 Å². The van der Waals surface area contributed by atoms with E-state index in [1.165, 1.54) is 47.5 Å². The highest BCUT2D eigenvalue weighted by Gasteiger charge is 2.27. The third kappa shape index (κ3) is 5.32. The molecule has 0 aliphatic heterocycles. The number of fused-ring (bicyclic) bond motifs is 1. The molecule has 2 aromatic carbocycles. The van der Waals surface area contributed by atoms with Gasteiger partial charge in [-0.05, 0) is 67.5 Å². The maximum Gasteiger partial charge on any atom is 0.118 e. The molecule has 0 N–H and O–H groups in total. The molecule has 1 heterocycles. The SMILES string of the molecule is COc1ccc(CSc2ccc3c(c2)nc(C(C)(C)C)n3CC2CCC(OC)CC2)cc1. The molecule has 0 amide bonds. The van der Waals surface area contributed by atoms with Crippen molar-refractivity contribution in [3.63, 3.8) is 0 Å². The summed E-state index contributed by atoms with van der Waals surface area (Å²) in [5.41, 5.74) is 3.68. The monoisotopic (exact) mass is 452 g/mol. The van der Waals surface area contributed by atoms with Gasteiger partial charge in [-0.3, -0.25) is 0 Å². The largest absolute Gasteiger partial charge is 0.497 e. The molecule has 1 aliphatic carbocycles. The number of imidazole rings is 1. The van der Waals surface area contributed by atoms with E-state index in [1.807, 2.05) is 31.0 Å². The summed E-state index contributed by atoms with van der Waals surface area (Å²) in [7, 11) is 3.55. The summed E-state index contributed by atoms with van der Waals surface area (Å²) in [4.78, 5) is 6.39. The summed E-state index contributed by atoms with van der Waals surface area (Å²) in [6, 6.07) is 15.1. The number of benzene rings is 2. The van der Waals surface area contributed by atoms with Gasteiger partial charge < -0.3 is 14.0 Å². The molecule has 1 saturated carbocycles. The van der Waals surface area contributed by atoms with Crippen LogP contribution < -0.4 is 4.74 Å². The standard InChI is InChI=1S/C27H36N2O2S/c1-27(2,3)26-28-24-16-23(32-18-20-8-12-22(31-5)13-9-20)14-15-25(24)29(26)17-19-6-10-21(30-4)11-7-19/h8-9,12-16,19,21H,6-7,10-11,17-18H2,1-5H3. The van der Waals surface area contributed by atoms with Crippen LogP contribution in [0.15, 0.2) is 47.4 Å². The lowest BCUT2D eigenvalue weighted by atomic mass is 9.87. The van der Waals surface area contributed by atoms with Gasteiger partial charge in [0.2, 0.25) is 0 Å². The number of thioether (sulfide) groups is 1. The quantitative estimate of drug-likeness (QED) is 0.368. The fraction of sp³-hybridized carbons (Fsp3) is 0.519. The van der Waals surface area contributed by atoms with Crippen LogP contribution in [0.4, 0.5) is 0 Å². The molecule has 32 heavy (non-hydrogen) atoms. The van der Waals surface area contributed by atoms with Crippen LogP contribution >= 0.6 is 11.8 Å². The van der Waals surface area contributed by atoms with Crippen molar-refractivity contribution in [2.75, 3.05) is 14.2 Å². The highest BCUT2D eigenvalue weighted by Crippen LogP contribution is 2.34. The topological polar surface area (TPSA) is 36.3 Å². The lowest BCUT2D eigenvalue weighted by Crippen LogP contribution is -2.26. The van der Waals surface area contributed by atoms with E-state index in [2.05, 4.69) is 55.7 Å². The number of aromatic nitrogens is 2. The second kappa shape index (κ2) is 9.88. The van der Waals surface area contributed by atoms with Crippen molar-refractivity contribution in [1.29, 1.82) is 0 Å². The van der Waals surface area contributed by atoms with Crippen LogP contribution in [0.1, 0.15) is 57.8 Å². The first-order valence-corrected chi connectivity index (χ1v) is 12.6. The van der Waals surface area contributed by atoms with Crippen LogP contribution in [0.2, 0.25) is 0 Å². The molecule has 0 atom stereocenters. The summed E-state index contributed by atoms with van der Waals surface area (Å²) < 4.78 is 13.3. The number of hydrogen-bond donors (Lipinski definition) is 0. The Balaban J connectivity index is 1.54. The number of methoxy groups -OCH3 is 2. The van der Waals surface area contributed by atoms with Crippen molar-refractivity contribution >= 4 is 22.8 Å². The molecule has 1 aromatic heterocycles. The van der Waals surface area contributed by atoms with Gasteiger partial charge in [-0.15, -0.1) is 11.8 Å². The van der Waals surface area contributed by atoms with Gasteiger partial charge in [0.05, 0.1) is 24.2 Å². The average Bonchev–Trinajstić information content (AvgIpc) is 3.16. The maximum absolute atomic E-state index is 5.57. The first-order chi connectivity index (χ1) is 15.4. The summed E-state index contributed by atoms with van der Waals surface area (Å²) in [6.07, 6.45) is 5.25. The predicted octanol–water partition coefficient (Wildman–Crippen LogP) is 6.84. The second-order valence-corrected chi connectivity index (χ2v) is 11.0. The van der Waals surface area contributed by atoms with Gasteiger partial charge >= 0.3 is 0 Å². The van der Waals surface area contributed by atoms with Gasteiger partial charge in [-0.25, -0.2) is 4.98 Å². The van der Waals surface area contributed by atoms with E-state index in [4.69, 9.17) is 14.5 Å². The zero-order chi connectivity index (χ0) is 22.7. The molecule has 0 unspecified atom stereocenters. The molecule has 0 saturated heterocycles. The average molecular weight is 453 g/mol. The number of rotatable bonds is 7. The van der Waals surface area contributed by atoms with E-state index >= 15 is 0 Å². The molecule has 172 valence electrons. The lowest BCUT2D eigenvalue weighted by molar-refractivity contribution is 0.0541. The Morgan fingerprint density at radius 2 is 1.72 bits per heavy atom. The summed E-state index contributed by atoms with van der Waals surface area (Å²) in [5.74, 6) is 3.73. The highest BCUT2D eigenvalue weighted by atomic mass is 32.2. The van der Waals surface area contributed by atoms with Gasteiger partial charge in [-0.1, -0.05) is 32.9 Å². The minimum absolute atomic E-state index is 0.0130. The van der Waals surface area contributed by atoms with E-state index in [1.54, 1.807) is 7.11 Å². The molecule has 3 aromatic rings. The van der Waals surface area contributed by atoms with Crippen molar-refractivity contribution in [2.24, 2.45) is 5.92 Å². The van der Waals surface area contributed by atoms with Crippen LogP contribution in [0.3, 0.4) is 0 Å². The van der Waals surface area contributed by atoms with Gasteiger partial charge in [0.25, 0.3) is 0 Å². The first kappa shape index (κ1) is 23.2. The number of ether oxygens (including phenoxy) is 2. The zero-order valence-corrected chi connectivity index (χ0v) is 20.9. The fourth-order valence-corrected chi connectivity index (χ4v) is 5.54. The molecule has 0 bridgehead atoms. The molecular weight excluding hydrogens is 416 g/mol. The van der Waals surface area contributed by atoms with Crippen molar-refractivity contribution in [3.8, 4) is 5.75 Å². The normalized spacial score (nSPS) is 19.4. The Bertz CT molecular complexity index is 1030. The Hall–Kier alpha value is -1.98. The molecule has 5 heteroatoms. The third-order valence-electron chi connectivity index (χ3n) is 6.52.